The topological polar surface area (TPSA) is 111 Å². The van der Waals surface area contributed by atoms with Gasteiger partial charge in [0.15, 0.2) is 6.29 Å². The second-order valence-electron chi connectivity index (χ2n) is 9.44. The fraction of sp³-hybridized carbons (Fsp3) is 0.400. The molecule has 0 radical (unpaired) electrons. The Balaban J connectivity index is 1.11. The van der Waals surface area contributed by atoms with Crippen LogP contribution in [0.2, 0.25) is 0 Å². The summed E-state index contributed by atoms with van der Waals surface area (Å²) in [6.45, 7) is 2.25. The number of nitrogens with zero attached hydrogens (tertiary/aromatic N) is 4. The molecule has 3 aliphatic rings. The first-order chi connectivity index (χ1) is 17.7. The molecule has 1 saturated heterocycles. The standard InChI is InChI=1S/C25H29F3N8O/c26-25(27,28)14-23(37)36-9-7-35(8-10-36)15-16-3-5-31-22(11-16)34-24-32-19-2-1-17(12-20(19)33-24)18-4-6-30-21(29)13-18/h1-6,11,13,17,24,32-33H,7-10,12,14-15H2,(H2,29,30)(H,31,34). The van der Waals surface area contributed by atoms with Gasteiger partial charge in [0.05, 0.1) is 5.70 Å². The molecule has 12 heteroatoms. The monoisotopic (exact) mass is 514 g/mol. The number of carbonyl (C=O) groups excluding carboxylic acids is 1. The Morgan fingerprint density at radius 1 is 1.11 bits per heavy atom. The third-order valence-corrected chi connectivity index (χ3v) is 6.70. The van der Waals surface area contributed by atoms with Crippen molar-refractivity contribution >= 4 is 17.5 Å². The number of aromatic nitrogens is 2. The molecule has 5 rings (SSSR count). The van der Waals surface area contributed by atoms with E-state index in [9.17, 15) is 18.0 Å². The lowest BCUT2D eigenvalue weighted by molar-refractivity contribution is -0.162. The lowest BCUT2D eigenvalue weighted by atomic mass is 9.90. The largest absolute Gasteiger partial charge is 0.397 e. The van der Waals surface area contributed by atoms with Crippen LogP contribution in [0.3, 0.4) is 0 Å². The van der Waals surface area contributed by atoms with Crippen molar-refractivity contribution in [3.63, 3.8) is 0 Å². The summed E-state index contributed by atoms with van der Waals surface area (Å²) in [6, 6.07) is 7.75. The van der Waals surface area contributed by atoms with Crippen LogP contribution < -0.4 is 21.7 Å². The van der Waals surface area contributed by atoms with Crippen molar-refractivity contribution in [1.29, 1.82) is 0 Å². The van der Waals surface area contributed by atoms with Gasteiger partial charge in [-0.2, -0.15) is 13.2 Å². The Kier molecular flexibility index (Phi) is 6.92. The molecule has 9 nitrogen and oxygen atoms in total. The van der Waals surface area contributed by atoms with E-state index in [2.05, 4.69) is 43.0 Å². The summed E-state index contributed by atoms with van der Waals surface area (Å²) in [6.07, 6.45) is 2.39. The molecule has 5 N–H and O–H groups in total. The third-order valence-electron chi connectivity index (χ3n) is 6.70. The lowest BCUT2D eigenvalue weighted by Gasteiger charge is -2.35. The normalized spacial score (nSPS) is 21.9. The molecule has 196 valence electrons. The van der Waals surface area contributed by atoms with Gasteiger partial charge in [0.25, 0.3) is 0 Å². The van der Waals surface area contributed by atoms with Crippen molar-refractivity contribution in [1.82, 2.24) is 30.4 Å². The molecule has 2 aromatic heterocycles. The Morgan fingerprint density at radius 2 is 1.89 bits per heavy atom. The minimum Gasteiger partial charge on any atom is -0.384 e. The molecule has 0 bridgehead atoms. The SMILES string of the molecule is Nc1cc(C2C=CC3=C(C2)NC(Nc2cc(CN4CCN(C(=O)CC(F)(F)F)CC4)ccn2)N3)ccn1. The van der Waals surface area contributed by atoms with Crippen LogP contribution >= 0.6 is 0 Å². The molecular weight excluding hydrogens is 485 g/mol. The van der Waals surface area contributed by atoms with E-state index in [0.29, 0.717) is 44.4 Å². The second-order valence-corrected chi connectivity index (χ2v) is 9.44. The molecule has 0 aromatic carbocycles. The number of halogens is 3. The van der Waals surface area contributed by atoms with Crippen LogP contribution in [-0.4, -0.2) is 64.3 Å². The van der Waals surface area contributed by atoms with E-state index in [0.717, 1.165) is 28.9 Å². The first-order valence-electron chi connectivity index (χ1n) is 12.2. The van der Waals surface area contributed by atoms with Gasteiger partial charge in [-0.25, -0.2) is 9.97 Å². The van der Waals surface area contributed by atoms with Crippen LogP contribution in [0.4, 0.5) is 24.8 Å². The zero-order valence-corrected chi connectivity index (χ0v) is 20.1. The van der Waals surface area contributed by atoms with Gasteiger partial charge in [0, 0.05) is 56.7 Å². The van der Waals surface area contributed by atoms with Gasteiger partial charge in [-0.1, -0.05) is 6.08 Å². The van der Waals surface area contributed by atoms with Gasteiger partial charge >= 0.3 is 6.18 Å². The number of alkyl halides is 3. The Hall–Kier alpha value is -3.80. The average Bonchev–Trinajstić information content (AvgIpc) is 3.25. The van der Waals surface area contributed by atoms with Crippen LogP contribution in [0.25, 0.3) is 0 Å². The predicted molar refractivity (Wildman–Crippen MR) is 133 cm³/mol. The number of nitrogen functional groups attached to an aromatic ring is 1. The third kappa shape index (κ3) is 6.31. The maximum atomic E-state index is 12.5. The van der Waals surface area contributed by atoms with Crippen LogP contribution in [0.5, 0.6) is 0 Å². The maximum Gasteiger partial charge on any atom is 0.397 e. The fourth-order valence-corrected chi connectivity index (χ4v) is 4.84. The number of hydrogen-bond acceptors (Lipinski definition) is 8. The lowest BCUT2D eigenvalue weighted by Crippen LogP contribution is -2.49. The number of hydrogen-bond donors (Lipinski definition) is 4. The Morgan fingerprint density at radius 3 is 2.65 bits per heavy atom. The van der Waals surface area contributed by atoms with Gasteiger partial charge in [0.2, 0.25) is 5.91 Å². The van der Waals surface area contributed by atoms with E-state index in [-0.39, 0.29) is 12.2 Å². The van der Waals surface area contributed by atoms with Crippen molar-refractivity contribution in [2.75, 3.05) is 37.2 Å². The molecule has 2 aliphatic heterocycles. The van der Waals surface area contributed by atoms with Gasteiger partial charge in [-0.05, 0) is 47.9 Å². The highest BCUT2D eigenvalue weighted by atomic mass is 19.4. The molecule has 1 amide bonds. The highest BCUT2D eigenvalue weighted by molar-refractivity contribution is 5.77. The molecule has 0 saturated carbocycles. The summed E-state index contributed by atoms with van der Waals surface area (Å²) < 4.78 is 37.5. The number of anilines is 2. The van der Waals surface area contributed by atoms with E-state index in [1.54, 1.807) is 12.4 Å². The summed E-state index contributed by atoms with van der Waals surface area (Å²) in [4.78, 5) is 23.7. The minimum absolute atomic E-state index is 0.211. The smallest absolute Gasteiger partial charge is 0.384 e. The summed E-state index contributed by atoms with van der Waals surface area (Å²) in [5, 5.41) is 10.3. The number of amides is 1. The van der Waals surface area contributed by atoms with Crippen LogP contribution in [-0.2, 0) is 11.3 Å². The highest BCUT2D eigenvalue weighted by Gasteiger charge is 2.34. The number of nitrogens with two attached hydrogens (primary N) is 1. The molecule has 2 atom stereocenters. The van der Waals surface area contributed by atoms with Crippen molar-refractivity contribution in [2.45, 2.75) is 37.8 Å². The Bertz CT molecular complexity index is 1210. The Labute approximate surface area is 212 Å². The zero-order valence-electron chi connectivity index (χ0n) is 20.1. The molecular formula is C25H29F3N8O. The van der Waals surface area contributed by atoms with E-state index in [1.165, 1.54) is 4.90 Å². The van der Waals surface area contributed by atoms with Crippen molar-refractivity contribution in [3.8, 4) is 0 Å². The second kappa shape index (κ2) is 10.3. The number of allylic oxidation sites excluding steroid dienone is 3. The van der Waals surface area contributed by atoms with E-state index in [4.69, 9.17) is 5.73 Å². The van der Waals surface area contributed by atoms with Crippen LogP contribution in [0, 0.1) is 0 Å². The minimum atomic E-state index is -4.47. The molecule has 1 aliphatic carbocycles. The first kappa shape index (κ1) is 24.9. The number of carbonyl (C=O) groups is 1. The summed E-state index contributed by atoms with van der Waals surface area (Å²) in [5.74, 6) is 0.554. The number of piperazine rings is 1. The van der Waals surface area contributed by atoms with Crippen LogP contribution in [0.15, 0.2) is 60.2 Å². The van der Waals surface area contributed by atoms with Crippen molar-refractivity contribution < 1.29 is 18.0 Å². The molecule has 2 unspecified atom stereocenters. The summed E-state index contributed by atoms with van der Waals surface area (Å²) in [7, 11) is 0. The van der Waals surface area contributed by atoms with Gasteiger partial charge in [0.1, 0.15) is 18.1 Å². The molecule has 2 aromatic rings. The van der Waals surface area contributed by atoms with Gasteiger partial charge in [-0.3, -0.25) is 9.69 Å². The molecule has 37 heavy (non-hydrogen) atoms. The van der Waals surface area contributed by atoms with Crippen LogP contribution in [0.1, 0.15) is 29.9 Å². The number of nitrogens with one attached hydrogen (secondary N) is 3. The zero-order chi connectivity index (χ0) is 26.0. The van der Waals surface area contributed by atoms with Gasteiger partial charge in [-0.15, -0.1) is 0 Å². The van der Waals surface area contributed by atoms with Gasteiger partial charge < -0.3 is 26.6 Å². The average molecular weight is 515 g/mol. The number of pyridine rings is 2. The highest BCUT2D eigenvalue weighted by Crippen LogP contribution is 2.32. The van der Waals surface area contributed by atoms with E-state index in [1.807, 2.05) is 24.3 Å². The summed E-state index contributed by atoms with van der Waals surface area (Å²) in [5.41, 5.74) is 10.1. The molecule has 4 heterocycles. The van der Waals surface area contributed by atoms with E-state index >= 15 is 0 Å². The fourth-order valence-electron chi connectivity index (χ4n) is 4.84. The van der Waals surface area contributed by atoms with Crippen molar-refractivity contribution in [3.05, 3.63) is 71.3 Å². The predicted octanol–water partition coefficient (Wildman–Crippen LogP) is 2.50. The quantitative estimate of drug-likeness (QED) is 0.466. The van der Waals surface area contributed by atoms with E-state index < -0.39 is 18.5 Å². The maximum absolute atomic E-state index is 12.5. The molecule has 1 fully saturated rings. The summed E-state index contributed by atoms with van der Waals surface area (Å²) >= 11 is 0. The molecule has 0 spiro atoms. The first-order valence-corrected chi connectivity index (χ1v) is 12.2. The number of rotatable bonds is 6. The van der Waals surface area contributed by atoms with Crippen molar-refractivity contribution in [2.24, 2.45) is 0 Å².